The summed E-state index contributed by atoms with van der Waals surface area (Å²) in [5.41, 5.74) is 0.446. The van der Waals surface area contributed by atoms with Gasteiger partial charge in [-0.3, -0.25) is 4.79 Å². The van der Waals surface area contributed by atoms with Crippen molar-refractivity contribution in [1.29, 1.82) is 0 Å². The minimum Gasteiger partial charge on any atom is -0.493 e. The summed E-state index contributed by atoms with van der Waals surface area (Å²) in [4.78, 5) is 23.2. The molecule has 0 unspecified atom stereocenters. The molecule has 5 heteroatoms. The molecular formula is C17H23NO4. The summed E-state index contributed by atoms with van der Waals surface area (Å²) in [7, 11) is 0. The number of ether oxygens (including phenoxy) is 1. The zero-order valence-corrected chi connectivity index (χ0v) is 12.9. The van der Waals surface area contributed by atoms with E-state index in [0.29, 0.717) is 17.9 Å². The Morgan fingerprint density at radius 2 is 2.00 bits per heavy atom. The molecule has 2 N–H and O–H groups in total. The topological polar surface area (TPSA) is 75.6 Å². The van der Waals surface area contributed by atoms with Crippen molar-refractivity contribution in [2.75, 3.05) is 6.61 Å². The Labute approximate surface area is 130 Å². The summed E-state index contributed by atoms with van der Waals surface area (Å²) in [6, 6.07) is 5.99. The van der Waals surface area contributed by atoms with E-state index in [1.807, 2.05) is 6.92 Å². The van der Waals surface area contributed by atoms with Gasteiger partial charge >= 0.3 is 5.97 Å². The zero-order valence-electron chi connectivity index (χ0n) is 12.9. The van der Waals surface area contributed by atoms with Crippen molar-refractivity contribution < 1.29 is 19.4 Å². The van der Waals surface area contributed by atoms with Crippen molar-refractivity contribution in [3.63, 3.8) is 0 Å². The average molecular weight is 305 g/mol. The molecule has 1 saturated carbocycles. The number of amides is 1. The highest BCUT2D eigenvalue weighted by Crippen LogP contribution is 2.29. The van der Waals surface area contributed by atoms with Crippen LogP contribution in [0, 0.1) is 5.92 Å². The van der Waals surface area contributed by atoms with E-state index in [2.05, 4.69) is 5.32 Å². The minimum atomic E-state index is -0.994. The number of hydrogen-bond donors (Lipinski definition) is 2. The first-order valence-corrected chi connectivity index (χ1v) is 7.86. The van der Waals surface area contributed by atoms with Gasteiger partial charge in [0.25, 0.3) is 5.91 Å². The second kappa shape index (κ2) is 7.82. The van der Waals surface area contributed by atoms with Gasteiger partial charge in [-0.25, -0.2) is 4.79 Å². The van der Waals surface area contributed by atoms with E-state index >= 15 is 0 Å². The Morgan fingerprint density at radius 3 is 2.55 bits per heavy atom. The van der Waals surface area contributed by atoms with Gasteiger partial charge in [0.05, 0.1) is 6.61 Å². The van der Waals surface area contributed by atoms with E-state index < -0.39 is 12.0 Å². The maximum atomic E-state index is 12.1. The average Bonchev–Trinajstić information content (AvgIpc) is 3.33. The molecule has 5 nitrogen and oxygen atoms in total. The van der Waals surface area contributed by atoms with Gasteiger partial charge in [-0.2, -0.15) is 0 Å². The SMILES string of the molecule is CCCC[C@H](NC(=O)c1ccc(OCC2CC2)cc1)C(=O)O. The molecule has 0 aromatic heterocycles. The Hall–Kier alpha value is -2.04. The molecule has 0 spiro atoms. The van der Waals surface area contributed by atoms with Crippen LogP contribution in [0.15, 0.2) is 24.3 Å². The first-order valence-electron chi connectivity index (χ1n) is 7.86. The summed E-state index contributed by atoms with van der Waals surface area (Å²) < 4.78 is 5.61. The van der Waals surface area contributed by atoms with Crippen LogP contribution in [0.25, 0.3) is 0 Å². The number of nitrogens with one attached hydrogen (secondary N) is 1. The first kappa shape index (κ1) is 16.3. The van der Waals surface area contributed by atoms with Crippen molar-refractivity contribution >= 4 is 11.9 Å². The van der Waals surface area contributed by atoms with Gasteiger partial charge in [-0.05, 0) is 49.4 Å². The van der Waals surface area contributed by atoms with E-state index in [4.69, 9.17) is 9.84 Å². The molecule has 0 saturated heterocycles. The monoisotopic (exact) mass is 305 g/mol. The van der Waals surface area contributed by atoms with Crippen LogP contribution in [0.5, 0.6) is 5.75 Å². The van der Waals surface area contributed by atoms with E-state index in [-0.39, 0.29) is 5.91 Å². The summed E-state index contributed by atoms with van der Waals surface area (Å²) in [5.74, 6) is 0.0607. The predicted octanol–water partition coefficient (Wildman–Crippen LogP) is 2.85. The normalized spacial score (nSPS) is 15.1. The molecule has 1 atom stereocenters. The molecule has 0 heterocycles. The molecule has 0 aliphatic heterocycles. The van der Waals surface area contributed by atoms with Crippen molar-refractivity contribution in [2.24, 2.45) is 5.92 Å². The molecule has 22 heavy (non-hydrogen) atoms. The van der Waals surface area contributed by atoms with Gasteiger partial charge < -0.3 is 15.2 Å². The highest BCUT2D eigenvalue weighted by atomic mass is 16.5. The van der Waals surface area contributed by atoms with Crippen molar-refractivity contribution in [1.82, 2.24) is 5.32 Å². The zero-order chi connectivity index (χ0) is 15.9. The number of aliphatic carboxylic acids is 1. The molecule has 2 rings (SSSR count). The number of rotatable bonds is 9. The second-order valence-electron chi connectivity index (χ2n) is 5.79. The number of carboxylic acids is 1. The molecule has 1 aromatic rings. The van der Waals surface area contributed by atoms with Gasteiger partial charge in [0.15, 0.2) is 0 Å². The Bertz CT molecular complexity index is 508. The standard InChI is InChI=1S/C17H23NO4/c1-2-3-4-15(17(20)21)18-16(19)13-7-9-14(10-8-13)22-11-12-5-6-12/h7-10,12,15H,2-6,11H2,1H3,(H,18,19)(H,20,21)/t15-/m0/s1. The lowest BCUT2D eigenvalue weighted by molar-refractivity contribution is -0.139. The van der Waals surface area contributed by atoms with Crippen LogP contribution < -0.4 is 10.1 Å². The van der Waals surface area contributed by atoms with E-state index in [9.17, 15) is 9.59 Å². The lowest BCUT2D eigenvalue weighted by Gasteiger charge is -2.14. The highest BCUT2D eigenvalue weighted by Gasteiger charge is 2.22. The summed E-state index contributed by atoms with van der Waals surface area (Å²) in [6.45, 7) is 2.71. The quantitative estimate of drug-likeness (QED) is 0.735. The van der Waals surface area contributed by atoms with Gasteiger partial charge in [-0.15, -0.1) is 0 Å². The van der Waals surface area contributed by atoms with E-state index in [1.165, 1.54) is 12.8 Å². The number of benzene rings is 1. The molecule has 1 fully saturated rings. The predicted molar refractivity (Wildman–Crippen MR) is 83.1 cm³/mol. The Morgan fingerprint density at radius 1 is 1.32 bits per heavy atom. The summed E-state index contributed by atoms with van der Waals surface area (Å²) in [5, 5.41) is 11.7. The maximum absolute atomic E-state index is 12.1. The third-order valence-electron chi connectivity index (χ3n) is 3.75. The fraction of sp³-hybridized carbons (Fsp3) is 0.529. The fourth-order valence-corrected chi connectivity index (χ4v) is 2.11. The van der Waals surface area contributed by atoms with E-state index in [1.54, 1.807) is 24.3 Å². The molecule has 1 aromatic carbocycles. The summed E-state index contributed by atoms with van der Waals surface area (Å²) in [6.07, 6.45) is 4.57. The maximum Gasteiger partial charge on any atom is 0.326 e. The highest BCUT2D eigenvalue weighted by molar-refractivity contribution is 5.96. The van der Waals surface area contributed by atoms with Crippen molar-refractivity contribution in [2.45, 2.75) is 45.1 Å². The molecule has 1 aliphatic carbocycles. The van der Waals surface area contributed by atoms with E-state index in [0.717, 1.165) is 25.2 Å². The van der Waals surface area contributed by atoms with Crippen LogP contribution >= 0.6 is 0 Å². The number of carboxylic acid groups (broad SMARTS) is 1. The van der Waals surface area contributed by atoms with Crippen LogP contribution in [-0.4, -0.2) is 29.6 Å². The minimum absolute atomic E-state index is 0.364. The lowest BCUT2D eigenvalue weighted by Crippen LogP contribution is -2.40. The van der Waals surface area contributed by atoms with Crippen LogP contribution in [0.2, 0.25) is 0 Å². The van der Waals surface area contributed by atoms with Crippen LogP contribution in [0.4, 0.5) is 0 Å². The number of hydrogen-bond acceptors (Lipinski definition) is 3. The van der Waals surface area contributed by atoms with Crippen LogP contribution in [-0.2, 0) is 4.79 Å². The van der Waals surface area contributed by atoms with Gasteiger partial charge in [0.2, 0.25) is 0 Å². The molecule has 1 amide bonds. The van der Waals surface area contributed by atoms with Gasteiger partial charge in [-0.1, -0.05) is 19.8 Å². The van der Waals surface area contributed by atoms with Crippen LogP contribution in [0.3, 0.4) is 0 Å². The fourth-order valence-electron chi connectivity index (χ4n) is 2.11. The third-order valence-corrected chi connectivity index (χ3v) is 3.75. The van der Waals surface area contributed by atoms with Gasteiger partial charge in [0.1, 0.15) is 11.8 Å². The number of carbonyl (C=O) groups excluding carboxylic acids is 1. The van der Waals surface area contributed by atoms with Crippen molar-refractivity contribution in [3.8, 4) is 5.75 Å². The molecule has 0 bridgehead atoms. The molecule has 120 valence electrons. The molecule has 1 aliphatic rings. The Balaban J connectivity index is 1.88. The van der Waals surface area contributed by atoms with Gasteiger partial charge in [0, 0.05) is 5.56 Å². The number of carbonyl (C=O) groups is 2. The molecular weight excluding hydrogens is 282 g/mol. The number of unbranched alkanes of at least 4 members (excludes halogenated alkanes) is 1. The van der Waals surface area contributed by atoms with Crippen LogP contribution in [0.1, 0.15) is 49.4 Å². The smallest absolute Gasteiger partial charge is 0.326 e. The second-order valence-corrected chi connectivity index (χ2v) is 5.79. The first-order chi connectivity index (χ1) is 10.6. The molecule has 0 radical (unpaired) electrons. The largest absolute Gasteiger partial charge is 0.493 e. The summed E-state index contributed by atoms with van der Waals surface area (Å²) >= 11 is 0. The lowest BCUT2D eigenvalue weighted by atomic mass is 10.1. The van der Waals surface area contributed by atoms with Crippen molar-refractivity contribution in [3.05, 3.63) is 29.8 Å². The third kappa shape index (κ3) is 5.06. The Kier molecular flexibility index (Phi) is 5.81.